The summed E-state index contributed by atoms with van der Waals surface area (Å²) in [6, 6.07) is 11.1. The molecule has 0 spiro atoms. The molecule has 1 aliphatic rings. The highest BCUT2D eigenvalue weighted by atomic mass is 16.5. The van der Waals surface area contributed by atoms with Crippen LogP contribution in [0.5, 0.6) is 11.5 Å². The molecule has 6 heteroatoms. The number of aryl methyl sites for hydroxylation is 1. The lowest BCUT2D eigenvalue weighted by Gasteiger charge is -2.10. The minimum absolute atomic E-state index is 0.128. The molecule has 2 amide bonds. The highest BCUT2D eigenvalue weighted by molar-refractivity contribution is 5.98. The van der Waals surface area contributed by atoms with Crippen LogP contribution in [0.4, 0.5) is 0 Å². The summed E-state index contributed by atoms with van der Waals surface area (Å²) in [6.45, 7) is 6.50. The molecule has 0 aliphatic carbocycles. The number of carbonyl (C=O) groups is 2. The molecular formula is C23H26N2O4. The monoisotopic (exact) mass is 394 g/mol. The molecule has 0 saturated carbocycles. The van der Waals surface area contributed by atoms with E-state index in [1.807, 2.05) is 45.0 Å². The van der Waals surface area contributed by atoms with Gasteiger partial charge < -0.3 is 9.47 Å². The van der Waals surface area contributed by atoms with E-state index in [9.17, 15) is 9.59 Å². The first kappa shape index (κ1) is 20.5. The molecule has 2 aromatic carbocycles. The average molecular weight is 394 g/mol. The van der Waals surface area contributed by atoms with E-state index in [2.05, 4.69) is 10.9 Å². The number of nitrogens with one attached hydrogen (secondary N) is 2. The van der Waals surface area contributed by atoms with Gasteiger partial charge in [-0.25, -0.2) is 0 Å². The number of fused-ring (bicyclic) bond motifs is 1. The first-order valence-electron chi connectivity index (χ1n) is 9.83. The Balaban J connectivity index is 1.62. The van der Waals surface area contributed by atoms with Crippen LogP contribution in [0.3, 0.4) is 0 Å². The van der Waals surface area contributed by atoms with Crippen LogP contribution in [0.2, 0.25) is 0 Å². The lowest BCUT2D eigenvalue weighted by molar-refractivity contribution is -0.117. The van der Waals surface area contributed by atoms with Gasteiger partial charge in [0.1, 0.15) is 17.6 Å². The van der Waals surface area contributed by atoms with Crippen molar-refractivity contribution in [3.05, 3.63) is 64.7 Å². The highest BCUT2D eigenvalue weighted by Gasteiger charge is 2.21. The van der Waals surface area contributed by atoms with E-state index in [4.69, 9.17) is 9.47 Å². The van der Waals surface area contributed by atoms with E-state index in [0.717, 1.165) is 35.3 Å². The highest BCUT2D eigenvalue weighted by Crippen LogP contribution is 2.35. The molecular weight excluding hydrogens is 368 g/mol. The van der Waals surface area contributed by atoms with Crippen LogP contribution in [-0.2, 0) is 17.6 Å². The van der Waals surface area contributed by atoms with E-state index in [1.165, 1.54) is 6.08 Å². The number of rotatable bonds is 6. The van der Waals surface area contributed by atoms with E-state index in [0.29, 0.717) is 17.9 Å². The number of ether oxygens (including phenoxy) is 2. The first-order chi connectivity index (χ1) is 14.0. The summed E-state index contributed by atoms with van der Waals surface area (Å²) in [5.74, 6) is 0.697. The molecule has 1 aliphatic heterocycles. The second-order valence-corrected chi connectivity index (χ2v) is 6.89. The summed E-state index contributed by atoms with van der Waals surface area (Å²) in [4.78, 5) is 24.3. The molecule has 1 atom stereocenters. The van der Waals surface area contributed by atoms with E-state index in [1.54, 1.807) is 18.2 Å². The zero-order chi connectivity index (χ0) is 20.8. The lowest BCUT2D eigenvalue weighted by atomic mass is 10.1. The van der Waals surface area contributed by atoms with Crippen LogP contribution >= 0.6 is 0 Å². The minimum atomic E-state index is -0.444. The standard InChI is InChI=1S/C23H26N2O4/c1-4-16-6-8-17(9-7-16)23(27)25-24-22(26)11-10-18-13-21-19(12-15(3)29-21)14-20(18)28-5-2/h6-11,13-15H,4-5,12H2,1-3H3,(H,24,26)(H,25,27)/b11-10+/t15-/m1/s1. The second kappa shape index (κ2) is 9.28. The Morgan fingerprint density at radius 3 is 2.62 bits per heavy atom. The molecule has 0 saturated heterocycles. The summed E-state index contributed by atoms with van der Waals surface area (Å²) in [7, 11) is 0. The molecule has 0 fully saturated rings. The zero-order valence-corrected chi connectivity index (χ0v) is 17.0. The Labute approximate surface area is 170 Å². The summed E-state index contributed by atoms with van der Waals surface area (Å²) in [5.41, 5.74) is 8.28. The van der Waals surface area contributed by atoms with Gasteiger partial charge in [0, 0.05) is 29.2 Å². The third-order valence-electron chi connectivity index (χ3n) is 4.67. The Morgan fingerprint density at radius 2 is 1.93 bits per heavy atom. The van der Waals surface area contributed by atoms with Gasteiger partial charge in [-0.05, 0) is 56.2 Å². The normalized spacial score (nSPS) is 14.9. The van der Waals surface area contributed by atoms with Crippen LogP contribution in [-0.4, -0.2) is 24.5 Å². The smallest absolute Gasteiger partial charge is 0.269 e. The lowest BCUT2D eigenvalue weighted by Crippen LogP contribution is -2.40. The van der Waals surface area contributed by atoms with Gasteiger partial charge >= 0.3 is 0 Å². The average Bonchev–Trinajstić information content (AvgIpc) is 3.09. The van der Waals surface area contributed by atoms with Crippen LogP contribution in [0.15, 0.2) is 42.5 Å². The molecule has 2 N–H and O–H groups in total. The van der Waals surface area contributed by atoms with Gasteiger partial charge in [0.15, 0.2) is 0 Å². The third kappa shape index (κ3) is 5.16. The number of benzene rings is 2. The Kier molecular flexibility index (Phi) is 6.54. The maximum Gasteiger partial charge on any atom is 0.269 e. The number of hydrazine groups is 1. The predicted octanol–water partition coefficient (Wildman–Crippen LogP) is 3.45. The number of hydrogen-bond acceptors (Lipinski definition) is 4. The van der Waals surface area contributed by atoms with Gasteiger partial charge in [0.2, 0.25) is 0 Å². The molecule has 0 radical (unpaired) electrons. The molecule has 152 valence electrons. The zero-order valence-electron chi connectivity index (χ0n) is 17.0. The van der Waals surface area contributed by atoms with Crippen molar-refractivity contribution in [3.8, 4) is 11.5 Å². The minimum Gasteiger partial charge on any atom is -0.493 e. The van der Waals surface area contributed by atoms with Crippen LogP contribution in [0.1, 0.15) is 47.8 Å². The van der Waals surface area contributed by atoms with Crippen molar-refractivity contribution >= 4 is 17.9 Å². The Hall–Kier alpha value is -3.28. The Morgan fingerprint density at radius 1 is 1.17 bits per heavy atom. The van der Waals surface area contributed by atoms with E-state index >= 15 is 0 Å². The second-order valence-electron chi connectivity index (χ2n) is 6.89. The predicted molar refractivity (Wildman–Crippen MR) is 112 cm³/mol. The SMILES string of the molecule is CCOc1cc2c(cc1/C=C/C(=O)NNC(=O)c1ccc(CC)cc1)O[C@H](C)C2. The summed E-state index contributed by atoms with van der Waals surface area (Å²) < 4.78 is 11.5. The first-order valence-corrected chi connectivity index (χ1v) is 9.83. The van der Waals surface area contributed by atoms with Crippen molar-refractivity contribution in [1.29, 1.82) is 0 Å². The maximum atomic E-state index is 12.1. The summed E-state index contributed by atoms with van der Waals surface area (Å²) >= 11 is 0. The third-order valence-corrected chi connectivity index (χ3v) is 4.67. The van der Waals surface area contributed by atoms with Crippen LogP contribution < -0.4 is 20.3 Å². The van der Waals surface area contributed by atoms with Gasteiger partial charge in [-0.1, -0.05) is 19.1 Å². The maximum absolute atomic E-state index is 12.1. The molecule has 0 unspecified atom stereocenters. The molecule has 2 aromatic rings. The van der Waals surface area contributed by atoms with Crippen molar-refractivity contribution in [2.45, 2.75) is 39.7 Å². The van der Waals surface area contributed by atoms with Gasteiger partial charge in [-0.2, -0.15) is 0 Å². The number of hydrogen-bond donors (Lipinski definition) is 2. The van der Waals surface area contributed by atoms with Crippen molar-refractivity contribution in [2.75, 3.05) is 6.61 Å². The Bertz CT molecular complexity index is 919. The largest absolute Gasteiger partial charge is 0.493 e. The molecule has 0 bridgehead atoms. The van der Waals surface area contributed by atoms with Gasteiger partial charge in [-0.3, -0.25) is 20.4 Å². The summed E-state index contributed by atoms with van der Waals surface area (Å²) in [5, 5.41) is 0. The number of amides is 2. The van der Waals surface area contributed by atoms with Gasteiger partial charge in [0.05, 0.1) is 6.61 Å². The van der Waals surface area contributed by atoms with Gasteiger partial charge in [0.25, 0.3) is 11.8 Å². The van der Waals surface area contributed by atoms with Crippen molar-refractivity contribution in [2.24, 2.45) is 0 Å². The van der Waals surface area contributed by atoms with Crippen LogP contribution in [0, 0.1) is 0 Å². The van der Waals surface area contributed by atoms with E-state index in [-0.39, 0.29) is 12.0 Å². The molecule has 3 rings (SSSR count). The van der Waals surface area contributed by atoms with Crippen molar-refractivity contribution in [3.63, 3.8) is 0 Å². The van der Waals surface area contributed by atoms with E-state index < -0.39 is 5.91 Å². The molecule has 29 heavy (non-hydrogen) atoms. The van der Waals surface area contributed by atoms with Gasteiger partial charge in [-0.15, -0.1) is 0 Å². The number of carbonyl (C=O) groups excluding carboxylic acids is 2. The van der Waals surface area contributed by atoms with Crippen LogP contribution in [0.25, 0.3) is 6.08 Å². The summed E-state index contributed by atoms with van der Waals surface area (Å²) in [6.07, 6.45) is 4.87. The molecule has 6 nitrogen and oxygen atoms in total. The molecule has 0 aromatic heterocycles. The van der Waals surface area contributed by atoms with Crippen molar-refractivity contribution < 1.29 is 19.1 Å². The quantitative estimate of drug-likeness (QED) is 0.581. The fourth-order valence-electron chi connectivity index (χ4n) is 3.16. The fraction of sp³-hybridized carbons (Fsp3) is 0.304. The topological polar surface area (TPSA) is 76.7 Å². The molecule has 1 heterocycles. The van der Waals surface area contributed by atoms with Crippen molar-refractivity contribution in [1.82, 2.24) is 10.9 Å². The fourth-order valence-corrected chi connectivity index (χ4v) is 3.16.